The summed E-state index contributed by atoms with van der Waals surface area (Å²) in [4.78, 5) is 4.03. The Morgan fingerprint density at radius 2 is 2.00 bits per heavy atom. The number of nitriles is 1. The number of rotatable bonds is 0. The summed E-state index contributed by atoms with van der Waals surface area (Å²) in [6, 6.07) is 9.81. The van der Waals surface area contributed by atoms with E-state index in [9.17, 15) is 0 Å². The van der Waals surface area contributed by atoms with E-state index in [2.05, 4.69) is 21.7 Å². The van der Waals surface area contributed by atoms with Gasteiger partial charge in [-0.15, -0.1) is 0 Å². The second kappa shape index (κ2) is 3.84. The lowest BCUT2D eigenvalue weighted by Crippen LogP contribution is -2.12. The highest BCUT2D eigenvalue weighted by atomic mass is 15.0. The number of nitrogens with zero attached hydrogens (tertiary/aromatic N) is 2. The van der Waals surface area contributed by atoms with Crippen LogP contribution in [0, 0.1) is 11.3 Å². The van der Waals surface area contributed by atoms with Gasteiger partial charge >= 0.3 is 0 Å². The van der Waals surface area contributed by atoms with Crippen molar-refractivity contribution in [2.45, 2.75) is 0 Å². The maximum absolute atomic E-state index is 8.92. The van der Waals surface area contributed by atoms with Crippen LogP contribution in [0.25, 0.3) is 0 Å². The summed E-state index contributed by atoms with van der Waals surface area (Å²) >= 11 is 0. The molecule has 0 aliphatic carbocycles. The lowest BCUT2D eigenvalue weighted by atomic mass is 10.2. The third-order valence-electron chi connectivity index (χ3n) is 2.15. The van der Waals surface area contributed by atoms with Crippen LogP contribution in [0.5, 0.6) is 0 Å². The molecule has 2 N–H and O–H groups in total. The number of hydrogen-bond acceptors (Lipinski definition) is 3. The number of benzene rings is 1. The van der Waals surface area contributed by atoms with E-state index in [0.29, 0.717) is 11.4 Å². The number of anilines is 2. The molecule has 0 aromatic heterocycles. The fraction of sp³-hybridized carbons (Fsp3) is 0.0909. The minimum Gasteiger partial charge on any atom is -0.359 e. The monoisotopic (exact) mass is 198 g/mol. The fourth-order valence-corrected chi connectivity index (χ4v) is 1.39. The average molecular weight is 198 g/mol. The van der Waals surface area contributed by atoms with Gasteiger partial charge in [0, 0.05) is 13.2 Å². The summed E-state index contributed by atoms with van der Waals surface area (Å²) in [6.45, 7) is 0. The number of hydrogen-bond donors (Lipinski definition) is 2. The molecule has 0 saturated heterocycles. The van der Waals surface area contributed by atoms with Crippen molar-refractivity contribution in [1.29, 1.82) is 5.26 Å². The molecule has 1 heterocycles. The Bertz CT molecular complexity index is 480. The standard InChI is InChI=1S/C11H10N4/c1-13-11-8(6-12)7-14-9-4-2-3-5-10(9)15-11/h2-5,7,14H,1H3,(H,13,15). The van der Waals surface area contributed by atoms with Crippen LogP contribution in [0.1, 0.15) is 0 Å². The largest absolute Gasteiger partial charge is 0.359 e. The third-order valence-corrected chi connectivity index (χ3v) is 2.15. The quantitative estimate of drug-likeness (QED) is 0.670. The Labute approximate surface area is 87.9 Å². The van der Waals surface area contributed by atoms with Crippen LogP contribution in [0.15, 0.2) is 41.0 Å². The second-order valence-corrected chi connectivity index (χ2v) is 3.06. The van der Waals surface area contributed by atoms with Crippen molar-refractivity contribution >= 4 is 17.2 Å². The van der Waals surface area contributed by atoms with Crippen LogP contribution in [0.4, 0.5) is 11.4 Å². The Balaban J connectivity index is 2.47. The van der Waals surface area contributed by atoms with Crippen molar-refractivity contribution < 1.29 is 0 Å². The van der Waals surface area contributed by atoms with Gasteiger partial charge < -0.3 is 10.6 Å². The van der Waals surface area contributed by atoms with E-state index < -0.39 is 0 Å². The van der Waals surface area contributed by atoms with E-state index in [1.54, 1.807) is 13.2 Å². The molecule has 15 heavy (non-hydrogen) atoms. The van der Waals surface area contributed by atoms with Gasteiger partial charge in [-0.25, -0.2) is 0 Å². The smallest absolute Gasteiger partial charge is 0.144 e. The number of fused-ring (bicyclic) bond motifs is 1. The van der Waals surface area contributed by atoms with Crippen molar-refractivity contribution in [2.75, 3.05) is 17.7 Å². The topological polar surface area (TPSA) is 60.2 Å². The molecule has 0 amide bonds. The molecule has 0 radical (unpaired) electrons. The summed E-state index contributed by atoms with van der Waals surface area (Å²) in [5.41, 5.74) is 2.34. The molecule has 4 heteroatoms. The first-order valence-corrected chi connectivity index (χ1v) is 4.55. The zero-order valence-electron chi connectivity index (χ0n) is 8.28. The third kappa shape index (κ3) is 1.67. The molecule has 0 unspecified atom stereocenters. The summed E-state index contributed by atoms with van der Waals surface area (Å²) in [5.74, 6) is 0.579. The van der Waals surface area contributed by atoms with E-state index in [-0.39, 0.29) is 0 Å². The molecule has 1 aromatic carbocycles. The van der Waals surface area contributed by atoms with Crippen molar-refractivity contribution in [3.8, 4) is 6.07 Å². The van der Waals surface area contributed by atoms with Crippen LogP contribution in [-0.4, -0.2) is 12.9 Å². The van der Waals surface area contributed by atoms with E-state index in [0.717, 1.165) is 11.4 Å². The van der Waals surface area contributed by atoms with Gasteiger partial charge in [-0.1, -0.05) is 12.1 Å². The van der Waals surface area contributed by atoms with Crippen LogP contribution in [-0.2, 0) is 0 Å². The highest BCUT2D eigenvalue weighted by Gasteiger charge is 2.12. The molecular weight excluding hydrogens is 188 g/mol. The van der Waals surface area contributed by atoms with E-state index in [4.69, 9.17) is 5.26 Å². The van der Waals surface area contributed by atoms with E-state index >= 15 is 0 Å². The summed E-state index contributed by atoms with van der Waals surface area (Å²) < 4.78 is 0. The number of nitrogens with one attached hydrogen (secondary N) is 2. The van der Waals surface area contributed by atoms with Crippen molar-refractivity contribution in [1.82, 2.24) is 0 Å². The van der Waals surface area contributed by atoms with Gasteiger partial charge in [-0.3, -0.25) is 4.99 Å². The Hall–Kier alpha value is -2.28. The molecule has 0 spiro atoms. The molecule has 1 aliphatic rings. The zero-order valence-corrected chi connectivity index (χ0v) is 8.28. The van der Waals surface area contributed by atoms with Gasteiger partial charge in [0.05, 0.1) is 11.4 Å². The predicted octanol–water partition coefficient (Wildman–Crippen LogP) is 1.96. The summed E-state index contributed by atoms with van der Waals surface area (Å²) in [6.07, 6.45) is 1.65. The highest BCUT2D eigenvalue weighted by Crippen LogP contribution is 2.24. The molecule has 1 aromatic rings. The molecule has 0 saturated carbocycles. The minimum absolute atomic E-state index is 0.494. The van der Waals surface area contributed by atoms with Crippen molar-refractivity contribution in [3.05, 3.63) is 36.0 Å². The lowest BCUT2D eigenvalue weighted by molar-refractivity contribution is 1.41. The summed E-state index contributed by atoms with van der Waals surface area (Å²) in [7, 11) is 1.65. The molecular formula is C11H10N4. The normalized spacial score (nSPS) is 16.5. The first-order valence-electron chi connectivity index (χ1n) is 4.55. The average Bonchev–Trinajstić information content (AvgIpc) is 2.47. The highest BCUT2D eigenvalue weighted by molar-refractivity contribution is 6.13. The van der Waals surface area contributed by atoms with E-state index in [1.807, 2.05) is 24.3 Å². The van der Waals surface area contributed by atoms with Gasteiger partial charge in [-0.05, 0) is 12.1 Å². The molecule has 0 fully saturated rings. The Morgan fingerprint density at radius 3 is 2.67 bits per heavy atom. The fourth-order valence-electron chi connectivity index (χ4n) is 1.39. The van der Waals surface area contributed by atoms with Gasteiger partial charge in [0.1, 0.15) is 17.5 Å². The Kier molecular flexibility index (Phi) is 2.38. The van der Waals surface area contributed by atoms with Crippen LogP contribution < -0.4 is 10.6 Å². The summed E-state index contributed by atoms with van der Waals surface area (Å²) in [5, 5.41) is 15.1. The second-order valence-electron chi connectivity index (χ2n) is 3.06. The first kappa shape index (κ1) is 9.28. The number of aliphatic imine (C=N–C) groups is 1. The maximum Gasteiger partial charge on any atom is 0.144 e. The molecule has 1 aliphatic heterocycles. The molecule has 0 bridgehead atoms. The number of para-hydroxylation sites is 2. The molecule has 2 rings (SSSR count). The first-order chi connectivity index (χ1) is 7.35. The van der Waals surface area contributed by atoms with Crippen molar-refractivity contribution in [2.24, 2.45) is 4.99 Å². The molecule has 4 nitrogen and oxygen atoms in total. The predicted molar refractivity (Wildman–Crippen MR) is 60.7 cm³/mol. The van der Waals surface area contributed by atoms with Crippen LogP contribution in [0.3, 0.4) is 0 Å². The van der Waals surface area contributed by atoms with Crippen LogP contribution >= 0.6 is 0 Å². The Morgan fingerprint density at radius 1 is 1.27 bits per heavy atom. The van der Waals surface area contributed by atoms with Crippen molar-refractivity contribution in [3.63, 3.8) is 0 Å². The lowest BCUT2D eigenvalue weighted by Gasteiger charge is -2.07. The maximum atomic E-state index is 8.92. The van der Waals surface area contributed by atoms with Crippen LogP contribution in [0.2, 0.25) is 0 Å². The molecule has 0 atom stereocenters. The number of amidine groups is 1. The van der Waals surface area contributed by atoms with E-state index in [1.165, 1.54) is 0 Å². The van der Waals surface area contributed by atoms with Gasteiger partial charge in [0.2, 0.25) is 0 Å². The SMILES string of the molecule is CN=C1Nc2ccccc2NC=C1C#N. The molecule has 74 valence electrons. The van der Waals surface area contributed by atoms with Gasteiger partial charge in [0.15, 0.2) is 0 Å². The van der Waals surface area contributed by atoms with Gasteiger partial charge in [0.25, 0.3) is 0 Å². The zero-order chi connectivity index (χ0) is 10.7. The minimum atomic E-state index is 0.494. The van der Waals surface area contributed by atoms with Gasteiger partial charge in [-0.2, -0.15) is 5.26 Å².